The van der Waals surface area contributed by atoms with Crippen LogP contribution < -0.4 is 0 Å². The first-order chi connectivity index (χ1) is 11.7. The quantitative estimate of drug-likeness (QED) is 0.861. The second kappa shape index (κ2) is 6.57. The minimum absolute atomic E-state index is 0.0890. The first-order valence-corrected chi connectivity index (χ1v) is 8.50. The van der Waals surface area contributed by atoms with Crippen molar-refractivity contribution in [2.75, 3.05) is 26.3 Å². The molecule has 0 amide bonds. The number of alkyl halides is 1. The van der Waals surface area contributed by atoms with E-state index in [1.807, 2.05) is 0 Å². The van der Waals surface area contributed by atoms with Gasteiger partial charge in [0.1, 0.15) is 0 Å². The maximum absolute atomic E-state index is 15.6. The molecular weight excluding hydrogens is 311 g/mol. The fraction of sp³-hybridized carbons (Fsp3) is 0.588. The number of likely N-dealkylation sites (tertiary alicyclic amines) is 1. The summed E-state index contributed by atoms with van der Waals surface area (Å²) in [6.07, 6.45) is 6.45. The Kier molecular flexibility index (Phi) is 4.28. The first-order valence-electron chi connectivity index (χ1n) is 8.50. The molecule has 0 radical (unpaired) electrons. The van der Waals surface area contributed by atoms with E-state index in [4.69, 9.17) is 9.26 Å². The number of aromatic nitrogens is 3. The number of hydrogen-bond donors (Lipinski definition) is 0. The van der Waals surface area contributed by atoms with Crippen LogP contribution in [0.3, 0.4) is 0 Å². The van der Waals surface area contributed by atoms with Gasteiger partial charge in [-0.1, -0.05) is 5.16 Å². The molecule has 1 atom stereocenters. The summed E-state index contributed by atoms with van der Waals surface area (Å²) < 4.78 is 26.3. The summed E-state index contributed by atoms with van der Waals surface area (Å²) in [4.78, 5) is 10.5. The molecule has 4 heterocycles. The Morgan fingerprint density at radius 1 is 1.21 bits per heavy atom. The smallest absolute Gasteiger partial charge is 0.265 e. The second-order valence-electron chi connectivity index (χ2n) is 6.54. The van der Waals surface area contributed by atoms with Crippen LogP contribution in [0, 0.1) is 0 Å². The number of halogens is 1. The van der Waals surface area contributed by atoms with Crippen LogP contribution in [-0.2, 0) is 10.4 Å². The Morgan fingerprint density at radius 2 is 2.00 bits per heavy atom. The number of nitrogens with zero attached hydrogens (tertiary/aromatic N) is 4. The molecule has 0 spiro atoms. The lowest BCUT2D eigenvalue weighted by atomic mass is 9.92. The molecule has 0 aromatic carbocycles. The van der Waals surface area contributed by atoms with Gasteiger partial charge < -0.3 is 9.26 Å². The highest BCUT2D eigenvalue weighted by molar-refractivity contribution is 5.52. The van der Waals surface area contributed by atoms with E-state index in [1.165, 1.54) is 0 Å². The van der Waals surface area contributed by atoms with Gasteiger partial charge in [-0.25, -0.2) is 4.39 Å². The molecule has 0 aliphatic carbocycles. The van der Waals surface area contributed by atoms with Gasteiger partial charge in [0.05, 0.1) is 0 Å². The molecule has 2 aromatic heterocycles. The summed E-state index contributed by atoms with van der Waals surface area (Å²) in [6, 6.07) is 3.96. The van der Waals surface area contributed by atoms with Gasteiger partial charge in [-0.3, -0.25) is 9.88 Å². The predicted molar refractivity (Wildman–Crippen MR) is 85.0 cm³/mol. The van der Waals surface area contributed by atoms with E-state index >= 15 is 4.39 Å². The van der Waals surface area contributed by atoms with Crippen LogP contribution in [0.15, 0.2) is 29.0 Å². The third kappa shape index (κ3) is 3.06. The largest absolute Gasteiger partial charge is 0.381 e. The molecule has 1 unspecified atom stereocenters. The zero-order valence-corrected chi connectivity index (χ0v) is 13.5. The van der Waals surface area contributed by atoms with Crippen LogP contribution in [0.5, 0.6) is 0 Å². The lowest BCUT2D eigenvalue weighted by molar-refractivity contribution is -0.0324. The van der Waals surface area contributed by atoms with Crippen molar-refractivity contribution < 1.29 is 13.7 Å². The third-order valence-corrected chi connectivity index (χ3v) is 4.93. The number of hydrogen-bond acceptors (Lipinski definition) is 6. The average molecular weight is 332 g/mol. The van der Waals surface area contributed by atoms with Crippen molar-refractivity contribution in [3.8, 4) is 11.4 Å². The standard InChI is InChI=1S/C17H21FN4O2/c18-17(6-1-9-22(12-17)14-4-10-23-11-5-14)16-20-15(21-24-16)13-2-7-19-8-3-13/h2-3,7-8,14H,1,4-6,9-12H2. The van der Waals surface area contributed by atoms with Crippen LogP contribution in [0.1, 0.15) is 31.6 Å². The van der Waals surface area contributed by atoms with Crippen molar-refractivity contribution >= 4 is 0 Å². The van der Waals surface area contributed by atoms with E-state index in [0.29, 0.717) is 24.8 Å². The van der Waals surface area contributed by atoms with E-state index < -0.39 is 5.67 Å². The molecule has 6 nitrogen and oxygen atoms in total. The predicted octanol–water partition coefficient (Wildman–Crippen LogP) is 2.57. The summed E-state index contributed by atoms with van der Waals surface area (Å²) in [5.41, 5.74) is -0.796. The number of piperidine rings is 1. The van der Waals surface area contributed by atoms with Gasteiger partial charge in [-0.15, -0.1) is 0 Å². The van der Waals surface area contributed by atoms with Gasteiger partial charge in [0.2, 0.25) is 11.5 Å². The topological polar surface area (TPSA) is 64.3 Å². The summed E-state index contributed by atoms with van der Waals surface area (Å²) in [6.45, 7) is 2.75. The van der Waals surface area contributed by atoms with Gasteiger partial charge in [0, 0.05) is 43.8 Å². The zero-order valence-electron chi connectivity index (χ0n) is 13.5. The van der Waals surface area contributed by atoms with Crippen molar-refractivity contribution in [1.29, 1.82) is 0 Å². The van der Waals surface area contributed by atoms with E-state index in [9.17, 15) is 0 Å². The molecule has 2 saturated heterocycles. The van der Waals surface area contributed by atoms with Crippen LogP contribution in [0.2, 0.25) is 0 Å². The second-order valence-corrected chi connectivity index (χ2v) is 6.54. The fourth-order valence-corrected chi connectivity index (χ4v) is 3.60. The highest BCUT2D eigenvalue weighted by atomic mass is 19.1. The van der Waals surface area contributed by atoms with E-state index in [0.717, 1.165) is 44.6 Å². The van der Waals surface area contributed by atoms with Crippen molar-refractivity contribution in [1.82, 2.24) is 20.0 Å². The van der Waals surface area contributed by atoms with E-state index in [-0.39, 0.29) is 5.89 Å². The number of ether oxygens (including phenoxy) is 1. The molecule has 128 valence electrons. The highest BCUT2D eigenvalue weighted by Gasteiger charge is 2.44. The number of rotatable bonds is 3. The van der Waals surface area contributed by atoms with E-state index in [2.05, 4.69) is 20.0 Å². The summed E-state index contributed by atoms with van der Waals surface area (Å²) in [5, 5.41) is 3.95. The van der Waals surface area contributed by atoms with Gasteiger partial charge in [0.25, 0.3) is 5.89 Å². The Hall–Kier alpha value is -1.86. The first kappa shape index (κ1) is 15.7. The third-order valence-electron chi connectivity index (χ3n) is 4.93. The zero-order chi connectivity index (χ0) is 16.4. The molecule has 2 aliphatic heterocycles. The van der Waals surface area contributed by atoms with Crippen molar-refractivity contribution in [3.05, 3.63) is 30.4 Å². The Morgan fingerprint density at radius 3 is 2.79 bits per heavy atom. The monoisotopic (exact) mass is 332 g/mol. The lowest BCUT2D eigenvalue weighted by Gasteiger charge is -2.41. The Labute approximate surface area is 140 Å². The van der Waals surface area contributed by atoms with Gasteiger partial charge >= 0.3 is 0 Å². The maximum Gasteiger partial charge on any atom is 0.265 e. The van der Waals surface area contributed by atoms with Crippen molar-refractivity contribution in [2.24, 2.45) is 0 Å². The lowest BCUT2D eigenvalue weighted by Crippen LogP contribution is -2.50. The molecule has 0 N–H and O–H groups in total. The average Bonchev–Trinajstić information content (AvgIpc) is 3.14. The number of pyridine rings is 1. The summed E-state index contributed by atoms with van der Waals surface area (Å²) in [7, 11) is 0. The van der Waals surface area contributed by atoms with Crippen LogP contribution in [0.25, 0.3) is 11.4 Å². The molecule has 24 heavy (non-hydrogen) atoms. The van der Waals surface area contributed by atoms with E-state index in [1.54, 1.807) is 24.5 Å². The Bertz CT molecular complexity index is 674. The highest BCUT2D eigenvalue weighted by Crippen LogP contribution is 2.37. The minimum Gasteiger partial charge on any atom is -0.381 e. The normalized spacial score (nSPS) is 26.5. The molecule has 7 heteroatoms. The Balaban J connectivity index is 1.53. The van der Waals surface area contributed by atoms with Crippen LogP contribution in [-0.4, -0.2) is 52.4 Å². The van der Waals surface area contributed by atoms with Crippen molar-refractivity contribution in [3.63, 3.8) is 0 Å². The fourth-order valence-electron chi connectivity index (χ4n) is 3.60. The molecule has 0 saturated carbocycles. The maximum atomic E-state index is 15.6. The van der Waals surface area contributed by atoms with Crippen LogP contribution >= 0.6 is 0 Å². The molecule has 2 aliphatic rings. The molecule has 2 fully saturated rings. The SMILES string of the molecule is FC1(c2nc(-c3ccncc3)no2)CCCN(C2CCOCC2)C1. The summed E-state index contributed by atoms with van der Waals surface area (Å²) in [5.74, 6) is 0.499. The molecular formula is C17H21FN4O2. The van der Waals surface area contributed by atoms with Crippen molar-refractivity contribution in [2.45, 2.75) is 37.4 Å². The minimum atomic E-state index is -1.57. The molecule has 4 rings (SSSR count). The van der Waals surface area contributed by atoms with Gasteiger partial charge in [-0.05, 0) is 44.4 Å². The van der Waals surface area contributed by atoms with Crippen LogP contribution in [0.4, 0.5) is 4.39 Å². The molecule has 2 aromatic rings. The van der Waals surface area contributed by atoms with Gasteiger partial charge in [-0.2, -0.15) is 4.98 Å². The molecule has 0 bridgehead atoms. The van der Waals surface area contributed by atoms with Gasteiger partial charge in [0.15, 0.2) is 0 Å². The summed E-state index contributed by atoms with van der Waals surface area (Å²) >= 11 is 0.